The van der Waals surface area contributed by atoms with Crippen LogP contribution in [0.4, 0.5) is 4.39 Å². The number of benzene rings is 1. The summed E-state index contributed by atoms with van der Waals surface area (Å²) < 4.78 is 25.6. The molecule has 2 fully saturated rings. The van der Waals surface area contributed by atoms with E-state index >= 15 is 0 Å². The van der Waals surface area contributed by atoms with Gasteiger partial charge in [0.2, 0.25) is 0 Å². The number of rotatable bonds is 2. The standard InChI is InChI=1S/C15H14BrFO4/c16-9-1-2-12(17)10(7-9)14(19)11-8-15(4-3-13(11)18)20-5-6-21-15/h1-2,7,11H,3-6,8H2. The summed E-state index contributed by atoms with van der Waals surface area (Å²) in [7, 11) is 0. The highest BCUT2D eigenvalue weighted by atomic mass is 79.9. The van der Waals surface area contributed by atoms with Gasteiger partial charge in [-0.05, 0) is 18.2 Å². The Labute approximate surface area is 129 Å². The first-order valence-corrected chi connectivity index (χ1v) is 7.60. The van der Waals surface area contributed by atoms with Crippen molar-refractivity contribution in [2.75, 3.05) is 13.2 Å². The number of hydrogen-bond donors (Lipinski definition) is 0. The van der Waals surface area contributed by atoms with Gasteiger partial charge < -0.3 is 9.47 Å². The summed E-state index contributed by atoms with van der Waals surface area (Å²) in [6.07, 6.45) is 0.833. The fraction of sp³-hybridized carbons (Fsp3) is 0.467. The van der Waals surface area contributed by atoms with Gasteiger partial charge in [-0.25, -0.2) is 4.39 Å². The van der Waals surface area contributed by atoms with Crippen LogP contribution in [0.5, 0.6) is 0 Å². The predicted octanol–water partition coefficient (Wildman–Crippen LogP) is 2.88. The smallest absolute Gasteiger partial charge is 0.176 e. The first-order valence-electron chi connectivity index (χ1n) is 6.81. The molecular weight excluding hydrogens is 343 g/mol. The van der Waals surface area contributed by atoms with Gasteiger partial charge in [-0.1, -0.05) is 15.9 Å². The lowest BCUT2D eigenvalue weighted by Gasteiger charge is -2.34. The van der Waals surface area contributed by atoms with Crippen molar-refractivity contribution in [3.05, 3.63) is 34.1 Å². The zero-order valence-corrected chi connectivity index (χ0v) is 12.8. The van der Waals surface area contributed by atoms with E-state index in [9.17, 15) is 14.0 Å². The topological polar surface area (TPSA) is 52.6 Å². The highest BCUT2D eigenvalue weighted by Gasteiger charge is 2.47. The van der Waals surface area contributed by atoms with Gasteiger partial charge in [-0.2, -0.15) is 0 Å². The maximum atomic E-state index is 13.9. The van der Waals surface area contributed by atoms with Crippen molar-refractivity contribution < 1.29 is 23.5 Å². The summed E-state index contributed by atoms with van der Waals surface area (Å²) in [6.45, 7) is 0.917. The van der Waals surface area contributed by atoms with Crippen LogP contribution in [-0.4, -0.2) is 30.6 Å². The molecule has 1 unspecified atom stereocenters. The maximum Gasteiger partial charge on any atom is 0.176 e. The van der Waals surface area contributed by atoms with E-state index < -0.39 is 23.3 Å². The molecular formula is C15H14BrFO4. The number of Topliss-reactive ketones (excluding diaryl/α,β-unsaturated/α-hetero) is 2. The minimum Gasteiger partial charge on any atom is -0.347 e. The van der Waals surface area contributed by atoms with E-state index in [1.165, 1.54) is 18.2 Å². The predicted molar refractivity (Wildman–Crippen MR) is 75.4 cm³/mol. The molecule has 0 N–H and O–H groups in total. The molecule has 1 atom stereocenters. The summed E-state index contributed by atoms with van der Waals surface area (Å²) in [5.41, 5.74) is -0.0715. The molecule has 3 rings (SSSR count). The molecule has 1 aliphatic heterocycles. The van der Waals surface area contributed by atoms with E-state index in [1.807, 2.05) is 0 Å². The molecule has 112 valence electrons. The molecule has 1 saturated heterocycles. The van der Waals surface area contributed by atoms with Crippen LogP contribution in [0.1, 0.15) is 29.6 Å². The number of ketones is 2. The minimum atomic E-state index is -0.902. The first-order chi connectivity index (χ1) is 10.0. The highest BCUT2D eigenvalue weighted by Crippen LogP contribution is 2.38. The van der Waals surface area contributed by atoms with Gasteiger partial charge in [0.1, 0.15) is 11.6 Å². The lowest BCUT2D eigenvalue weighted by Crippen LogP contribution is -2.43. The number of carbonyl (C=O) groups is 2. The van der Waals surface area contributed by atoms with Crippen molar-refractivity contribution in [3.63, 3.8) is 0 Å². The van der Waals surface area contributed by atoms with Gasteiger partial charge in [0, 0.05) is 23.7 Å². The summed E-state index contributed by atoms with van der Waals surface area (Å²) in [6, 6.07) is 4.13. The Morgan fingerprint density at radius 1 is 1.33 bits per heavy atom. The third-order valence-corrected chi connectivity index (χ3v) is 4.47. The molecule has 6 heteroatoms. The van der Waals surface area contributed by atoms with Gasteiger partial charge in [0.25, 0.3) is 0 Å². The van der Waals surface area contributed by atoms with E-state index in [0.717, 1.165) is 0 Å². The summed E-state index contributed by atoms with van der Waals surface area (Å²) in [5.74, 6) is -3.05. The van der Waals surface area contributed by atoms with Gasteiger partial charge >= 0.3 is 0 Å². The number of halogens is 2. The molecule has 1 spiro atoms. The average molecular weight is 357 g/mol. The molecule has 1 saturated carbocycles. The van der Waals surface area contributed by atoms with E-state index in [-0.39, 0.29) is 24.2 Å². The van der Waals surface area contributed by atoms with Crippen LogP contribution in [0.2, 0.25) is 0 Å². The number of hydrogen-bond acceptors (Lipinski definition) is 4. The molecule has 0 bridgehead atoms. The fourth-order valence-electron chi connectivity index (χ4n) is 2.89. The zero-order valence-electron chi connectivity index (χ0n) is 11.2. The second kappa shape index (κ2) is 5.59. The molecule has 1 heterocycles. The summed E-state index contributed by atoms with van der Waals surface area (Å²) in [5, 5.41) is 0. The van der Waals surface area contributed by atoms with E-state index in [1.54, 1.807) is 0 Å². The van der Waals surface area contributed by atoms with Crippen LogP contribution in [0.3, 0.4) is 0 Å². The van der Waals surface area contributed by atoms with Crippen molar-refractivity contribution in [1.29, 1.82) is 0 Å². The first kappa shape index (κ1) is 14.8. The van der Waals surface area contributed by atoms with Crippen LogP contribution in [0.15, 0.2) is 22.7 Å². The van der Waals surface area contributed by atoms with Crippen molar-refractivity contribution in [3.8, 4) is 0 Å². The zero-order chi connectivity index (χ0) is 15.0. The Morgan fingerprint density at radius 3 is 2.76 bits per heavy atom. The Morgan fingerprint density at radius 2 is 2.05 bits per heavy atom. The summed E-state index contributed by atoms with van der Waals surface area (Å²) >= 11 is 3.21. The van der Waals surface area contributed by atoms with Gasteiger partial charge in [-0.3, -0.25) is 9.59 Å². The third kappa shape index (κ3) is 2.80. The Bertz CT molecular complexity index is 595. The second-order valence-corrected chi connectivity index (χ2v) is 6.23. The van der Waals surface area contributed by atoms with Crippen molar-refractivity contribution in [1.82, 2.24) is 0 Å². The number of carbonyl (C=O) groups excluding carboxylic acids is 2. The maximum absolute atomic E-state index is 13.9. The normalized spacial score (nSPS) is 24.5. The van der Waals surface area contributed by atoms with Crippen LogP contribution >= 0.6 is 15.9 Å². The quantitative estimate of drug-likeness (QED) is 0.603. The largest absolute Gasteiger partial charge is 0.347 e. The second-order valence-electron chi connectivity index (χ2n) is 5.32. The van der Waals surface area contributed by atoms with E-state index in [0.29, 0.717) is 24.1 Å². The molecule has 21 heavy (non-hydrogen) atoms. The van der Waals surface area contributed by atoms with Crippen LogP contribution in [0.25, 0.3) is 0 Å². The fourth-order valence-corrected chi connectivity index (χ4v) is 3.25. The molecule has 2 aliphatic rings. The molecule has 1 aromatic rings. The van der Waals surface area contributed by atoms with Gasteiger partial charge in [0.05, 0.1) is 24.7 Å². The van der Waals surface area contributed by atoms with E-state index in [2.05, 4.69) is 15.9 Å². The molecule has 4 nitrogen and oxygen atoms in total. The van der Waals surface area contributed by atoms with Crippen molar-refractivity contribution in [2.45, 2.75) is 25.0 Å². The average Bonchev–Trinajstić information content (AvgIpc) is 2.92. The highest BCUT2D eigenvalue weighted by molar-refractivity contribution is 9.10. The molecule has 0 radical (unpaired) electrons. The minimum absolute atomic E-state index is 0.0715. The summed E-state index contributed by atoms with van der Waals surface area (Å²) in [4.78, 5) is 24.6. The molecule has 0 aromatic heterocycles. The SMILES string of the molecule is O=C1CCC2(CC1C(=O)c1cc(Br)ccc1F)OCCO2. The third-order valence-electron chi connectivity index (χ3n) is 3.98. The van der Waals surface area contributed by atoms with Crippen LogP contribution < -0.4 is 0 Å². The van der Waals surface area contributed by atoms with Crippen molar-refractivity contribution >= 4 is 27.5 Å². The van der Waals surface area contributed by atoms with Crippen molar-refractivity contribution in [2.24, 2.45) is 5.92 Å². The molecule has 1 aliphatic carbocycles. The molecule has 0 amide bonds. The molecule has 1 aromatic carbocycles. The Hall–Kier alpha value is -1.11. The van der Waals surface area contributed by atoms with Crippen LogP contribution in [-0.2, 0) is 14.3 Å². The lowest BCUT2D eigenvalue weighted by atomic mass is 9.79. The Balaban J connectivity index is 1.88. The monoisotopic (exact) mass is 356 g/mol. The van der Waals surface area contributed by atoms with Gasteiger partial charge in [-0.15, -0.1) is 0 Å². The Kier molecular flexibility index (Phi) is 3.94. The lowest BCUT2D eigenvalue weighted by molar-refractivity contribution is -0.185. The van der Waals surface area contributed by atoms with Gasteiger partial charge in [0.15, 0.2) is 11.6 Å². The number of ether oxygens (including phenoxy) is 2. The van der Waals surface area contributed by atoms with Crippen LogP contribution in [0, 0.1) is 11.7 Å². The van der Waals surface area contributed by atoms with E-state index in [4.69, 9.17) is 9.47 Å².